The van der Waals surface area contributed by atoms with Crippen LogP contribution >= 0.6 is 11.3 Å². The minimum atomic E-state index is -0.675. The van der Waals surface area contributed by atoms with E-state index < -0.39 is 6.10 Å². The number of hydrogen-bond donors (Lipinski definition) is 1. The van der Waals surface area contributed by atoms with Gasteiger partial charge in [-0.3, -0.25) is 4.79 Å². The van der Waals surface area contributed by atoms with Crippen LogP contribution < -0.4 is 0 Å². The van der Waals surface area contributed by atoms with Crippen molar-refractivity contribution in [1.29, 1.82) is 0 Å². The van der Waals surface area contributed by atoms with Crippen LogP contribution in [0.15, 0.2) is 47.8 Å². The lowest BCUT2D eigenvalue weighted by atomic mass is 9.96. The fourth-order valence-electron chi connectivity index (χ4n) is 2.94. The standard InChI is InChI=1S/C20H27NO2S/c1-4-9-17(18-12-8-13-24-18)14-19(22)21(3)15(2)20(23)16-10-6-5-7-11-16/h5-8,10-13,15,17,20,23H,4,9,14H2,1-3H3/t15-,17+,20+/m0/s1. The molecule has 130 valence electrons. The Kier molecular flexibility index (Phi) is 7.00. The fraction of sp³-hybridized carbons (Fsp3) is 0.450. The fourth-order valence-corrected chi connectivity index (χ4v) is 3.80. The Balaban J connectivity index is 2.02. The molecular weight excluding hydrogens is 318 g/mol. The molecule has 0 aliphatic carbocycles. The van der Waals surface area contributed by atoms with Crippen molar-refractivity contribution in [2.45, 2.75) is 51.2 Å². The molecule has 0 radical (unpaired) electrons. The van der Waals surface area contributed by atoms with Gasteiger partial charge in [0, 0.05) is 24.3 Å². The van der Waals surface area contributed by atoms with Crippen molar-refractivity contribution < 1.29 is 9.90 Å². The zero-order valence-electron chi connectivity index (χ0n) is 14.7. The molecule has 0 unspecified atom stereocenters. The maximum Gasteiger partial charge on any atom is 0.223 e. The van der Waals surface area contributed by atoms with Crippen LogP contribution in [0, 0.1) is 0 Å². The third kappa shape index (κ3) is 4.68. The summed E-state index contributed by atoms with van der Waals surface area (Å²) in [5, 5.41) is 12.6. The van der Waals surface area contributed by atoms with Crippen molar-refractivity contribution in [3.63, 3.8) is 0 Å². The molecule has 1 aromatic heterocycles. The van der Waals surface area contributed by atoms with E-state index in [4.69, 9.17) is 0 Å². The first kappa shape index (κ1) is 18.7. The van der Waals surface area contributed by atoms with Gasteiger partial charge in [0.05, 0.1) is 12.1 Å². The number of thiophene rings is 1. The Labute approximate surface area is 148 Å². The van der Waals surface area contributed by atoms with Crippen molar-refractivity contribution in [2.75, 3.05) is 7.05 Å². The second-order valence-corrected chi connectivity index (χ2v) is 7.29. The molecule has 1 amide bonds. The second-order valence-electron chi connectivity index (χ2n) is 6.31. The van der Waals surface area contributed by atoms with E-state index in [0.29, 0.717) is 6.42 Å². The first-order valence-corrected chi connectivity index (χ1v) is 9.44. The summed E-state index contributed by atoms with van der Waals surface area (Å²) in [6.07, 6.45) is 1.89. The number of benzene rings is 1. The van der Waals surface area contributed by atoms with Crippen LogP contribution in [0.2, 0.25) is 0 Å². The van der Waals surface area contributed by atoms with Crippen LogP contribution in [0.1, 0.15) is 55.6 Å². The van der Waals surface area contributed by atoms with Gasteiger partial charge in [0.1, 0.15) is 0 Å². The highest BCUT2D eigenvalue weighted by atomic mass is 32.1. The number of hydrogen-bond acceptors (Lipinski definition) is 3. The number of amides is 1. The molecule has 2 aromatic rings. The van der Waals surface area contributed by atoms with E-state index in [9.17, 15) is 9.90 Å². The minimum Gasteiger partial charge on any atom is -0.386 e. The van der Waals surface area contributed by atoms with Crippen molar-refractivity contribution >= 4 is 17.2 Å². The van der Waals surface area contributed by atoms with Gasteiger partial charge in [-0.2, -0.15) is 0 Å². The molecule has 0 aliphatic heterocycles. The molecule has 0 bridgehead atoms. The Morgan fingerprint density at radius 3 is 2.50 bits per heavy atom. The molecule has 4 heteroatoms. The molecule has 3 atom stereocenters. The minimum absolute atomic E-state index is 0.0873. The Morgan fingerprint density at radius 1 is 1.21 bits per heavy atom. The number of rotatable bonds is 8. The van der Waals surface area contributed by atoms with Gasteiger partial charge in [0.15, 0.2) is 0 Å². The summed E-state index contributed by atoms with van der Waals surface area (Å²) in [6.45, 7) is 4.05. The van der Waals surface area contributed by atoms with Crippen LogP contribution in [0.3, 0.4) is 0 Å². The predicted octanol–water partition coefficient (Wildman–Crippen LogP) is 4.60. The number of carbonyl (C=O) groups is 1. The van der Waals surface area contributed by atoms with Crippen molar-refractivity contribution in [3.05, 3.63) is 58.3 Å². The molecular formula is C20H27NO2S. The van der Waals surface area contributed by atoms with E-state index in [0.717, 1.165) is 18.4 Å². The van der Waals surface area contributed by atoms with E-state index in [1.165, 1.54) is 4.88 Å². The van der Waals surface area contributed by atoms with E-state index in [1.54, 1.807) is 23.3 Å². The number of aliphatic hydroxyl groups excluding tert-OH is 1. The molecule has 24 heavy (non-hydrogen) atoms. The Bertz CT molecular complexity index is 612. The molecule has 0 fully saturated rings. The lowest BCUT2D eigenvalue weighted by molar-refractivity contribution is -0.134. The molecule has 0 aliphatic rings. The molecule has 3 nitrogen and oxygen atoms in total. The van der Waals surface area contributed by atoms with E-state index in [-0.39, 0.29) is 17.9 Å². The summed E-state index contributed by atoms with van der Waals surface area (Å²) < 4.78 is 0. The molecule has 1 N–H and O–H groups in total. The zero-order chi connectivity index (χ0) is 17.5. The van der Waals surface area contributed by atoms with Gasteiger partial charge in [-0.1, -0.05) is 49.7 Å². The first-order chi connectivity index (χ1) is 11.5. The van der Waals surface area contributed by atoms with Crippen molar-refractivity contribution in [3.8, 4) is 0 Å². The smallest absolute Gasteiger partial charge is 0.223 e. The highest BCUT2D eigenvalue weighted by molar-refractivity contribution is 7.10. The number of likely N-dealkylation sites (N-methyl/N-ethyl adjacent to an activating group) is 1. The number of nitrogens with zero attached hydrogens (tertiary/aromatic N) is 1. The van der Waals surface area contributed by atoms with Gasteiger partial charge >= 0.3 is 0 Å². The van der Waals surface area contributed by atoms with Crippen molar-refractivity contribution in [1.82, 2.24) is 4.90 Å². The third-order valence-corrected chi connectivity index (χ3v) is 5.64. The maximum atomic E-state index is 12.7. The topological polar surface area (TPSA) is 40.5 Å². The third-order valence-electron chi connectivity index (χ3n) is 4.61. The SMILES string of the molecule is CCC[C@H](CC(=O)N(C)[C@@H](C)[C@@H](O)c1ccccc1)c1cccs1. The summed E-state index contributed by atoms with van der Waals surface area (Å²) in [7, 11) is 1.79. The first-order valence-electron chi connectivity index (χ1n) is 8.56. The van der Waals surface area contributed by atoms with Crippen LogP contribution in [0.5, 0.6) is 0 Å². The lowest BCUT2D eigenvalue weighted by Crippen LogP contribution is -2.39. The Hall–Kier alpha value is -1.65. The second kappa shape index (κ2) is 9.00. The number of aliphatic hydroxyl groups is 1. The molecule has 0 saturated carbocycles. The van der Waals surface area contributed by atoms with Gasteiger partial charge in [-0.05, 0) is 30.4 Å². The maximum absolute atomic E-state index is 12.7. The van der Waals surface area contributed by atoms with Gasteiger partial charge in [-0.25, -0.2) is 0 Å². The quantitative estimate of drug-likeness (QED) is 0.759. The summed E-state index contributed by atoms with van der Waals surface area (Å²) in [5.41, 5.74) is 0.841. The van der Waals surface area contributed by atoms with Crippen molar-refractivity contribution in [2.24, 2.45) is 0 Å². The van der Waals surface area contributed by atoms with E-state index in [2.05, 4.69) is 18.4 Å². The molecule has 0 saturated heterocycles. The normalized spacial score (nSPS) is 14.8. The molecule has 0 spiro atoms. The summed E-state index contributed by atoms with van der Waals surface area (Å²) >= 11 is 1.72. The van der Waals surface area contributed by atoms with Crippen LogP contribution in [0.4, 0.5) is 0 Å². The zero-order valence-corrected chi connectivity index (χ0v) is 15.5. The monoisotopic (exact) mass is 345 g/mol. The van der Waals surface area contributed by atoms with E-state index in [1.807, 2.05) is 43.3 Å². The average molecular weight is 346 g/mol. The van der Waals surface area contributed by atoms with Crippen LogP contribution in [-0.2, 0) is 4.79 Å². The molecule has 2 rings (SSSR count). The van der Waals surface area contributed by atoms with Gasteiger partial charge < -0.3 is 10.0 Å². The van der Waals surface area contributed by atoms with E-state index >= 15 is 0 Å². The highest BCUT2D eigenvalue weighted by Crippen LogP contribution is 2.30. The van der Waals surface area contributed by atoms with Gasteiger partial charge in [-0.15, -0.1) is 11.3 Å². The molecule has 1 heterocycles. The summed E-state index contributed by atoms with van der Waals surface area (Å²) in [4.78, 5) is 15.7. The van der Waals surface area contributed by atoms with Crippen LogP contribution in [-0.4, -0.2) is 29.0 Å². The largest absolute Gasteiger partial charge is 0.386 e. The summed E-state index contributed by atoms with van der Waals surface area (Å²) in [5.74, 6) is 0.357. The van der Waals surface area contributed by atoms with Gasteiger partial charge in [0.2, 0.25) is 5.91 Å². The lowest BCUT2D eigenvalue weighted by Gasteiger charge is -2.30. The van der Waals surface area contributed by atoms with Gasteiger partial charge in [0.25, 0.3) is 0 Å². The summed E-state index contributed by atoms with van der Waals surface area (Å²) in [6, 6.07) is 13.4. The Morgan fingerprint density at radius 2 is 1.92 bits per heavy atom. The molecule has 1 aromatic carbocycles. The van der Waals surface area contributed by atoms with Crippen LogP contribution in [0.25, 0.3) is 0 Å². The average Bonchev–Trinajstić information content (AvgIpc) is 3.14. The predicted molar refractivity (Wildman–Crippen MR) is 100 cm³/mol. The number of carbonyl (C=O) groups excluding carboxylic acids is 1. The highest BCUT2D eigenvalue weighted by Gasteiger charge is 2.26.